The third-order valence-electron chi connectivity index (χ3n) is 2.04. The molecule has 15 heavy (non-hydrogen) atoms. The third kappa shape index (κ3) is 1.63. The zero-order valence-corrected chi connectivity index (χ0v) is 7.99. The summed E-state index contributed by atoms with van der Waals surface area (Å²) in [5.74, 6) is -0.364. The van der Waals surface area contributed by atoms with Crippen molar-refractivity contribution >= 4 is 5.88 Å². The van der Waals surface area contributed by atoms with E-state index in [1.807, 2.05) is 0 Å². The summed E-state index contributed by atoms with van der Waals surface area (Å²) in [5.41, 5.74) is 6.11. The second-order valence-electron chi connectivity index (χ2n) is 3.24. The lowest BCUT2D eigenvalue weighted by Crippen LogP contribution is -1.88. The molecule has 0 fully saturated rings. The van der Waals surface area contributed by atoms with Crippen LogP contribution in [0.15, 0.2) is 22.7 Å². The van der Waals surface area contributed by atoms with Crippen LogP contribution in [0.25, 0.3) is 11.3 Å². The van der Waals surface area contributed by atoms with E-state index in [2.05, 4.69) is 9.68 Å². The van der Waals surface area contributed by atoms with E-state index in [0.717, 1.165) is 0 Å². The first-order valence-electron chi connectivity index (χ1n) is 4.29. The Hall–Kier alpha value is -2.04. The molecule has 5 heteroatoms. The number of aromatic nitrogens is 1. The van der Waals surface area contributed by atoms with Crippen LogP contribution < -0.4 is 5.73 Å². The molecule has 0 saturated heterocycles. The van der Waals surface area contributed by atoms with Crippen molar-refractivity contribution in [3.63, 3.8) is 0 Å². The van der Waals surface area contributed by atoms with Crippen molar-refractivity contribution in [2.45, 2.75) is 6.92 Å². The minimum absolute atomic E-state index is 0.0227. The van der Waals surface area contributed by atoms with Gasteiger partial charge in [0.25, 0.3) is 0 Å². The molecule has 0 amide bonds. The average Bonchev–Trinajstić information content (AvgIpc) is 2.58. The monoisotopic (exact) mass is 208 g/mol. The summed E-state index contributed by atoms with van der Waals surface area (Å²) in [7, 11) is 0. The van der Waals surface area contributed by atoms with Gasteiger partial charge in [-0.25, -0.2) is 4.39 Å². The Kier molecular flexibility index (Phi) is 2.07. The molecule has 1 heterocycles. The third-order valence-corrected chi connectivity index (χ3v) is 2.04. The number of benzene rings is 1. The first-order valence-corrected chi connectivity index (χ1v) is 4.29. The molecule has 0 aliphatic carbocycles. The van der Waals surface area contributed by atoms with E-state index < -0.39 is 5.82 Å². The second-order valence-corrected chi connectivity index (χ2v) is 3.24. The first-order chi connectivity index (χ1) is 7.08. The highest BCUT2D eigenvalue weighted by molar-refractivity contribution is 5.64. The van der Waals surface area contributed by atoms with Crippen molar-refractivity contribution in [1.29, 1.82) is 0 Å². The molecule has 0 bridgehead atoms. The molecule has 1 aromatic carbocycles. The predicted octanol–water partition coefficient (Wildman–Crippen LogP) is 2.08. The Balaban J connectivity index is 2.62. The molecular formula is C10H9FN2O2. The molecule has 0 aliphatic heterocycles. The number of phenolic OH excluding ortho intramolecular Hbond substituents is 1. The van der Waals surface area contributed by atoms with E-state index in [9.17, 15) is 9.50 Å². The summed E-state index contributed by atoms with van der Waals surface area (Å²) < 4.78 is 18.3. The number of rotatable bonds is 1. The number of nitrogen functional groups attached to an aromatic ring is 1. The average molecular weight is 208 g/mol. The summed E-state index contributed by atoms with van der Waals surface area (Å²) in [6.07, 6.45) is 0. The van der Waals surface area contributed by atoms with E-state index >= 15 is 0 Å². The molecule has 4 nitrogen and oxygen atoms in total. The Labute approximate surface area is 85.1 Å². The van der Waals surface area contributed by atoms with Crippen molar-refractivity contribution in [2.24, 2.45) is 0 Å². The van der Waals surface area contributed by atoms with Crippen LogP contribution in [0, 0.1) is 12.7 Å². The Morgan fingerprint density at radius 1 is 1.40 bits per heavy atom. The largest absolute Gasteiger partial charge is 0.508 e. The predicted molar refractivity (Wildman–Crippen MR) is 52.7 cm³/mol. The number of phenols is 1. The molecule has 0 atom stereocenters. The van der Waals surface area contributed by atoms with Gasteiger partial charge in [-0.05, 0) is 24.6 Å². The molecule has 0 saturated carbocycles. The van der Waals surface area contributed by atoms with Gasteiger partial charge in [-0.1, -0.05) is 5.16 Å². The number of anilines is 1. The minimum atomic E-state index is -0.443. The quantitative estimate of drug-likeness (QED) is 0.752. The summed E-state index contributed by atoms with van der Waals surface area (Å²) in [4.78, 5) is 0. The van der Waals surface area contributed by atoms with Crippen LogP contribution in [-0.2, 0) is 0 Å². The van der Waals surface area contributed by atoms with E-state index in [1.165, 1.54) is 18.2 Å². The van der Waals surface area contributed by atoms with Gasteiger partial charge in [0, 0.05) is 11.6 Å². The van der Waals surface area contributed by atoms with Crippen molar-refractivity contribution in [3.05, 3.63) is 29.6 Å². The van der Waals surface area contributed by atoms with Crippen LogP contribution >= 0.6 is 0 Å². The van der Waals surface area contributed by atoms with Crippen LogP contribution in [-0.4, -0.2) is 10.3 Å². The molecule has 0 aliphatic rings. The topological polar surface area (TPSA) is 72.3 Å². The maximum absolute atomic E-state index is 13.6. The summed E-state index contributed by atoms with van der Waals surface area (Å²) in [6, 6.07) is 4.01. The molecule has 3 N–H and O–H groups in total. The van der Waals surface area contributed by atoms with Gasteiger partial charge < -0.3 is 15.4 Å². The molecule has 0 spiro atoms. The van der Waals surface area contributed by atoms with Gasteiger partial charge in [0.1, 0.15) is 17.3 Å². The number of nitrogens with zero attached hydrogens (tertiary/aromatic N) is 1. The number of nitrogens with two attached hydrogens (primary N) is 1. The second kappa shape index (κ2) is 3.27. The lowest BCUT2D eigenvalue weighted by atomic mass is 10.1. The fraction of sp³-hybridized carbons (Fsp3) is 0.100. The summed E-state index contributed by atoms with van der Waals surface area (Å²) in [5, 5.41) is 12.9. The van der Waals surface area contributed by atoms with Crippen molar-refractivity contribution in [3.8, 4) is 17.0 Å². The Bertz CT molecular complexity index is 508. The van der Waals surface area contributed by atoms with Gasteiger partial charge in [-0.3, -0.25) is 0 Å². The van der Waals surface area contributed by atoms with Crippen molar-refractivity contribution in [2.75, 3.05) is 5.73 Å². The Morgan fingerprint density at radius 2 is 2.13 bits per heavy atom. The number of aryl methyl sites for hydroxylation is 1. The first kappa shape index (κ1) is 9.51. The molecule has 78 valence electrons. The molecule has 1 aromatic heterocycles. The zero-order chi connectivity index (χ0) is 11.0. The highest BCUT2D eigenvalue weighted by atomic mass is 19.1. The highest BCUT2D eigenvalue weighted by Crippen LogP contribution is 2.29. The van der Waals surface area contributed by atoms with Crippen molar-refractivity contribution in [1.82, 2.24) is 5.16 Å². The van der Waals surface area contributed by atoms with E-state index in [0.29, 0.717) is 5.56 Å². The van der Waals surface area contributed by atoms with Gasteiger partial charge in [0.05, 0.1) is 0 Å². The van der Waals surface area contributed by atoms with Crippen LogP contribution in [0.1, 0.15) is 5.56 Å². The standard InChI is InChI=1S/C10H9FN2O2/c1-5-2-6(14)3-7(10(5)11)8-4-9(12)15-13-8/h2-4,14H,12H2,1H3. The van der Waals surface area contributed by atoms with Crippen LogP contribution in [0.5, 0.6) is 5.75 Å². The molecule has 2 aromatic rings. The van der Waals surface area contributed by atoms with Gasteiger partial charge in [-0.15, -0.1) is 0 Å². The number of hydrogen-bond acceptors (Lipinski definition) is 4. The fourth-order valence-corrected chi connectivity index (χ4v) is 1.35. The van der Waals surface area contributed by atoms with Crippen molar-refractivity contribution < 1.29 is 14.0 Å². The Morgan fingerprint density at radius 3 is 2.73 bits per heavy atom. The normalized spacial score (nSPS) is 10.5. The lowest BCUT2D eigenvalue weighted by Gasteiger charge is -2.03. The van der Waals surface area contributed by atoms with E-state index in [4.69, 9.17) is 5.73 Å². The number of aromatic hydroxyl groups is 1. The molecule has 2 rings (SSSR count). The van der Waals surface area contributed by atoms with E-state index in [1.54, 1.807) is 6.92 Å². The molecular weight excluding hydrogens is 199 g/mol. The molecule has 0 radical (unpaired) electrons. The van der Waals surface area contributed by atoms with Gasteiger partial charge in [-0.2, -0.15) is 0 Å². The maximum Gasteiger partial charge on any atom is 0.222 e. The van der Waals surface area contributed by atoms with Crippen LogP contribution in [0.3, 0.4) is 0 Å². The summed E-state index contributed by atoms with van der Waals surface area (Å²) in [6.45, 7) is 1.56. The van der Waals surface area contributed by atoms with Crippen LogP contribution in [0.2, 0.25) is 0 Å². The highest BCUT2D eigenvalue weighted by Gasteiger charge is 2.13. The number of hydrogen-bond donors (Lipinski definition) is 2. The summed E-state index contributed by atoms with van der Waals surface area (Å²) >= 11 is 0. The van der Waals surface area contributed by atoms with E-state index in [-0.39, 0.29) is 22.9 Å². The van der Waals surface area contributed by atoms with Gasteiger partial charge >= 0.3 is 0 Å². The molecule has 0 unspecified atom stereocenters. The number of halogens is 1. The minimum Gasteiger partial charge on any atom is -0.508 e. The lowest BCUT2D eigenvalue weighted by molar-refractivity contribution is 0.438. The fourth-order valence-electron chi connectivity index (χ4n) is 1.35. The SMILES string of the molecule is Cc1cc(O)cc(-c2cc(N)on2)c1F. The zero-order valence-electron chi connectivity index (χ0n) is 7.99. The van der Waals surface area contributed by atoms with Gasteiger partial charge in [0.15, 0.2) is 0 Å². The smallest absolute Gasteiger partial charge is 0.222 e. The van der Waals surface area contributed by atoms with Gasteiger partial charge in [0.2, 0.25) is 5.88 Å². The maximum atomic E-state index is 13.6. The van der Waals surface area contributed by atoms with Crippen LogP contribution in [0.4, 0.5) is 10.3 Å².